The minimum Gasteiger partial charge on any atom is -0.496 e. The van der Waals surface area contributed by atoms with Gasteiger partial charge in [-0.1, -0.05) is 13.8 Å². The molecule has 2 heterocycles. The number of hydrogen-bond donors (Lipinski definition) is 1. The van der Waals surface area contributed by atoms with E-state index in [0.29, 0.717) is 19.1 Å². The minimum absolute atomic E-state index is 0.165. The molecular formula is C22H27NO3. The Morgan fingerprint density at radius 1 is 1.04 bits per heavy atom. The molecule has 138 valence electrons. The van der Waals surface area contributed by atoms with Crippen LogP contribution in [0.25, 0.3) is 0 Å². The summed E-state index contributed by atoms with van der Waals surface area (Å²) in [6.07, 6.45) is 1.01. The van der Waals surface area contributed by atoms with E-state index in [-0.39, 0.29) is 6.04 Å². The zero-order valence-electron chi connectivity index (χ0n) is 16.0. The number of rotatable bonds is 3. The summed E-state index contributed by atoms with van der Waals surface area (Å²) in [6, 6.07) is 8.97. The van der Waals surface area contributed by atoms with Gasteiger partial charge in [0.05, 0.1) is 13.2 Å². The fourth-order valence-corrected chi connectivity index (χ4v) is 4.03. The molecule has 26 heavy (non-hydrogen) atoms. The van der Waals surface area contributed by atoms with Gasteiger partial charge < -0.3 is 19.5 Å². The van der Waals surface area contributed by atoms with Gasteiger partial charge in [-0.25, -0.2) is 0 Å². The quantitative estimate of drug-likeness (QED) is 0.900. The Balaban J connectivity index is 1.82. The monoisotopic (exact) mass is 353 g/mol. The Morgan fingerprint density at radius 2 is 1.77 bits per heavy atom. The molecule has 4 rings (SSSR count). The van der Waals surface area contributed by atoms with E-state index < -0.39 is 0 Å². The predicted octanol–water partition coefficient (Wildman–Crippen LogP) is 4.13. The maximum absolute atomic E-state index is 5.83. The molecule has 2 aromatic rings. The minimum atomic E-state index is 0.165. The summed E-state index contributed by atoms with van der Waals surface area (Å²) in [6.45, 7) is 8.78. The van der Waals surface area contributed by atoms with Crippen molar-refractivity contribution in [2.24, 2.45) is 0 Å². The van der Waals surface area contributed by atoms with E-state index in [1.165, 1.54) is 27.8 Å². The average molecular weight is 353 g/mol. The van der Waals surface area contributed by atoms with Crippen LogP contribution in [-0.4, -0.2) is 26.9 Å². The second-order valence-corrected chi connectivity index (χ2v) is 7.44. The Morgan fingerprint density at radius 3 is 2.46 bits per heavy atom. The third-order valence-corrected chi connectivity index (χ3v) is 5.41. The number of nitrogens with one attached hydrogen (secondary N) is 1. The van der Waals surface area contributed by atoms with Gasteiger partial charge in [0.1, 0.15) is 19.0 Å². The largest absolute Gasteiger partial charge is 0.496 e. The third kappa shape index (κ3) is 2.92. The summed E-state index contributed by atoms with van der Waals surface area (Å²) in [5, 5.41) is 3.71. The van der Waals surface area contributed by atoms with Crippen LogP contribution in [0.5, 0.6) is 17.2 Å². The van der Waals surface area contributed by atoms with Gasteiger partial charge in [-0.3, -0.25) is 0 Å². The van der Waals surface area contributed by atoms with Crippen molar-refractivity contribution in [3.8, 4) is 17.2 Å². The highest BCUT2D eigenvalue weighted by atomic mass is 16.6. The van der Waals surface area contributed by atoms with Gasteiger partial charge in [-0.05, 0) is 71.3 Å². The van der Waals surface area contributed by atoms with Crippen molar-refractivity contribution in [2.45, 2.75) is 39.2 Å². The van der Waals surface area contributed by atoms with Crippen LogP contribution in [0.4, 0.5) is 0 Å². The van der Waals surface area contributed by atoms with Crippen molar-refractivity contribution >= 4 is 0 Å². The number of ether oxygens (including phenoxy) is 3. The molecule has 4 heteroatoms. The Kier molecular flexibility index (Phi) is 4.53. The summed E-state index contributed by atoms with van der Waals surface area (Å²) in [7, 11) is 1.75. The summed E-state index contributed by atoms with van der Waals surface area (Å²) in [5.41, 5.74) is 6.45. The second kappa shape index (κ2) is 6.84. The first-order valence-electron chi connectivity index (χ1n) is 9.42. The normalized spacial score (nSPS) is 18.6. The van der Waals surface area contributed by atoms with Gasteiger partial charge in [0.15, 0.2) is 11.5 Å². The highest BCUT2D eigenvalue weighted by molar-refractivity contribution is 5.54. The van der Waals surface area contributed by atoms with E-state index in [0.717, 1.165) is 30.2 Å². The van der Waals surface area contributed by atoms with Crippen molar-refractivity contribution in [3.05, 3.63) is 52.1 Å². The molecule has 4 nitrogen and oxygen atoms in total. The zero-order chi connectivity index (χ0) is 18.3. The van der Waals surface area contributed by atoms with Crippen LogP contribution < -0.4 is 19.5 Å². The molecule has 2 aromatic carbocycles. The molecule has 2 aliphatic heterocycles. The number of methoxy groups -OCH3 is 1. The predicted molar refractivity (Wildman–Crippen MR) is 103 cm³/mol. The number of hydrogen-bond acceptors (Lipinski definition) is 4. The van der Waals surface area contributed by atoms with E-state index in [4.69, 9.17) is 14.2 Å². The molecule has 0 radical (unpaired) electrons. The molecule has 0 spiro atoms. The molecule has 0 saturated carbocycles. The van der Waals surface area contributed by atoms with Crippen LogP contribution >= 0.6 is 0 Å². The number of aryl methyl sites for hydroxylation is 1. The second-order valence-electron chi connectivity index (χ2n) is 7.44. The lowest BCUT2D eigenvalue weighted by Gasteiger charge is -2.31. The summed E-state index contributed by atoms with van der Waals surface area (Å²) in [5.74, 6) is 3.12. The first-order valence-corrected chi connectivity index (χ1v) is 9.42. The van der Waals surface area contributed by atoms with Gasteiger partial charge in [0.2, 0.25) is 0 Å². The average Bonchev–Trinajstić information content (AvgIpc) is 2.65. The van der Waals surface area contributed by atoms with Gasteiger partial charge in [-0.2, -0.15) is 0 Å². The van der Waals surface area contributed by atoms with E-state index in [9.17, 15) is 0 Å². The molecule has 0 aliphatic carbocycles. The smallest absolute Gasteiger partial charge is 0.161 e. The van der Waals surface area contributed by atoms with Crippen LogP contribution in [0.1, 0.15) is 53.6 Å². The standard InChI is InChI=1S/C22H27NO3/c1-13(2)16-11-17(14(3)9-19(16)24-4)22-18-12-21-20(25-7-8-26-21)10-15(18)5-6-23-22/h9-13,22-23H,5-8H2,1-4H3. The molecule has 0 amide bonds. The summed E-state index contributed by atoms with van der Waals surface area (Å²) >= 11 is 0. The van der Waals surface area contributed by atoms with Gasteiger partial charge >= 0.3 is 0 Å². The maximum atomic E-state index is 5.83. The fourth-order valence-electron chi connectivity index (χ4n) is 4.03. The van der Waals surface area contributed by atoms with Crippen LogP contribution in [0.3, 0.4) is 0 Å². The Bertz CT molecular complexity index is 829. The molecule has 0 bridgehead atoms. The van der Waals surface area contributed by atoms with Crippen molar-refractivity contribution < 1.29 is 14.2 Å². The highest BCUT2D eigenvalue weighted by Crippen LogP contribution is 2.41. The van der Waals surface area contributed by atoms with Crippen molar-refractivity contribution in [2.75, 3.05) is 26.9 Å². The van der Waals surface area contributed by atoms with E-state index in [2.05, 4.69) is 50.4 Å². The first kappa shape index (κ1) is 17.2. The molecule has 2 aliphatic rings. The van der Waals surface area contributed by atoms with Gasteiger partial charge in [-0.15, -0.1) is 0 Å². The van der Waals surface area contributed by atoms with Crippen LogP contribution in [-0.2, 0) is 6.42 Å². The molecule has 1 N–H and O–H groups in total. The Labute approximate surface area is 155 Å². The fraction of sp³-hybridized carbons (Fsp3) is 0.455. The number of fused-ring (bicyclic) bond motifs is 2. The highest BCUT2D eigenvalue weighted by Gasteiger charge is 2.27. The molecular weight excluding hydrogens is 326 g/mol. The SMILES string of the molecule is COc1cc(C)c(C2NCCc3cc4c(cc32)OCCO4)cc1C(C)C. The van der Waals surface area contributed by atoms with Crippen molar-refractivity contribution in [1.82, 2.24) is 5.32 Å². The molecule has 0 saturated heterocycles. The maximum Gasteiger partial charge on any atom is 0.161 e. The van der Waals surface area contributed by atoms with E-state index >= 15 is 0 Å². The van der Waals surface area contributed by atoms with E-state index in [1.807, 2.05) is 0 Å². The van der Waals surface area contributed by atoms with Gasteiger partial charge in [0.25, 0.3) is 0 Å². The van der Waals surface area contributed by atoms with Crippen LogP contribution in [0.15, 0.2) is 24.3 Å². The molecule has 1 atom stereocenters. The summed E-state index contributed by atoms with van der Waals surface area (Å²) < 4.78 is 17.2. The molecule has 0 fully saturated rings. The topological polar surface area (TPSA) is 39.7 Å². The summed E-state index contributed by atoms with van der Waals surface area (Å²) in [4.78, 5) is 0. The molecule has 1 unspecified atom stereocenters. The van der Waals surface area contributed by atoms with Crippen molar-refractivity contribution in [1.29, 1.82) is 0 Å². The van der Waals surface area contributed by atoms with E-state index in [1.54, 1.807) is 7.11 Å². The lowest BCUT2D eigenvalue weighted by atomic mass is 9.85. The molecule has 0 aromatic heterocycles. The van der Waals surface area contributed by atoms with Crippen LogP contribution in [0, 0.1) is 6.92 Å². The van der Waals surface area contributed by atoms with Gasteiger partial charge in [0, 0.05) is 6.54 Å². The Hall–Kier alpha value is -2.20. The lowest BCUT2D eigenvalue weighted by molar-refractivity contribution is 0.171. The lowest BCUT2D eigenvalue weighted by Crippen LogP contribution is -2.31. The number of benzene rings is 2. The zero-order valence-corrected chi connectivity index (χ0v) is 16.0. The van der Waals surface area contributed by atoms with Crippen molar-refractivity contribution in [3.63, 3.8) is 0 Å². The first-order chi connectivity index (χ1) is 12.6. The van der Waals surface area contributed by atoms with Crippen LogP contribution in [0.2, 0.25) is 0 Å². The third-order valence-electron chi connectivity index (χ3n) is 5.41.